The second-order valence-electron chi connectivity index (χ2n) is 4.35. The van der Waals surface area contributed by atoms with Crippen LogP contribution < -0.4 is 11.1 Å². The number of anilines is 1. The fraction of sp³-hybridized carbons (Fsp3) is 0.417. The molecule has 5 heteroatoms. The lowest BCUT2D eigenvalue weighted by Gasteiger charge is -2.15. The smallest absolute Gasteiger partial charge is 0.241 e. The molecule has 0 aromatic heterocycles. The lowest BCUT2D eigenvalue weighted by atomic mass is 10.0. The van der Waals surface area contributed by atoms with E-state index in [4.69, 9.17) is 17.3 Å². The van der Waals surface area contributed by atoms with Gasteiger partial charge in [-0.2, -0.15) is 0 Å². The largest absolute Gasteiger partial charge is 0.323 e. The normalized spacial score (nSPS) is 12.6. The van der Waals surface area contributed by atoms with Gasteiger partial charge in [0.2, 0.25) is 5.91 Å². The highest BCUT2D eigenvalue weighted by molar-refractivity contribution is 14.1. The minimum atomic E-state index is -0.496. The Morgan fingerprint density at radius 2 is 2.18 bits per heavy atom. The first kappa shape index (κ1) is 14.7. The molecule has 0 unspecified atom stereocenters. The first-order valence-electron chi connectivity index (χ1n) is 5.41. The van der Waals surface area contributed by atoms with Crippen LogP contribution in [-0.4, -0.2) is 11.9 Å². The third kappa shape index (κ3) is 4.81. The van der Waals surface area contributed by atoms with E-state index in [1.54, 1.807) is 6.07 Å². The number of hydrogen-bond acceptors (Lipinski definition) is 2. The Morgan fingerprint density at radius 3 is 2.76 bits per heavy atom. The number of amides is 1. The van der Waals surface area contributed by atoms with Crippen molar-refractivity contribution < 1.29 is 4.79 Å². The summed E-state index contributed by atoms with van der Waals surface area (Å²) < 4.78 is 1.01. The molecule has 0 saturated heterocycles. The Morgan fingerprint density at radius 1 is 1.53 bits per heavy atom. The van der Waals surface area contributed by atoms with Gasteiger partial charge < -0.3 is 11.1 Å². The predicted molar refractivity (Wildman–Crippen MR) is 80.2 cm³/mol. The molecular formula is C12H16ClIN2O. The molecule has 1 aromatic carbocycles. The van der Waals surface area contributed by atoms with Crippen LogP contribution >= 0.6 is 34.2 Å². The number of carbonyl (C=O) groups is 1. The molecule has 0 aliphatic heterocycles. The monoisotopic (exact) mass is 366 g/mol. The molecule has 17 heavy (non-hydrogen) atoms. The Kier molecular flexibility index (Phi) is 5.69. The Bertz CT molecular complexity index is 409. The molecular weight excluding hydrogens is 351 g/mol. The third-order valence-corrected chi connectivity index (χ3v) is 3.25. The maximum absolute atomic E-state index is 11.8. The molecule has 0 spiro atoms. The summed E-state index contributed by atoms with van der Waals surface area (Å²) in [6.07, 6.45) is 0.660. The van der Waals surface area contributed by atoms with Crippen LogP contribution in [0.5, 0.6) is 0 Å². The molecule has 94 valence electrons. The minimum Gasteiger partial charge on any atom is -0.323 e. The zero-order chi connectivity index (χ0) is 13.0. The molecule has 0 heterocycles. The molecule has 1 amide bonds. The summed E-state index contributed by atoms with van der Waals surface area (Å²) in [6, 6.07) is 4.96. The van der Waals surface area contributed by atoms with Crippen molar-refractivity contribution in [1.29, 1.82) is 0 Å². The van der Waals surface area contributed by atoms with Crippen molar-refractivity contribution in [1.82, 2.24) is 0 Å². The Balaban J connectivity index is 2.70. The summed E-state index contributed by atoms with van der Waals surface area (Å²) in [4.78, 5) is 11.8. The number of nitrogens with two attached hydrogens (primary N) is 1. The molecule has 3 nitrogen and oxygen atoms in total. The van der Waals surface area contributed by atoms with E-state index in [0.29, 0.717) is 23.0 Å². The molecule has 3 N–H and O–H groups in total. The van der Waals surface area contributed by atoms with Crippen LogP contribution in [0.3, 0.4) is 0 Å². The summed E-state index contributed by atoms with van der Waals surface area (Å²) in [5.41, 5.74) is 6.41. The number of hydrogen-bond donors (Lipinski definition) is 2. The van der Waals surface area contributed by atoms with Crippen molar-refractivity contribution in [2.45, 2.75) is 26.3 Å². The van der Waals surface area contributed by atoms with Crippen molar-refractivity contribution in [3.8, 4) is 0 Å². The summed E-state index contributed by atoms with van der Waals surface area (Å²) in [6.45, 7) is 4.07. The van der Waals surface area contributed by atoms with Crippen LogP contribution in [0.25, 0.3) is 0 Å². The molecule has 0 fully saturated rings. The van der Waals surface area contributed by atoms with Gasteiger partial charge in [0.05, 0.1) is 16.8 Å². The molecule has 0 saturated carbocycles. The standard InChI is InChI=1S/C12H16ClIN2O/c1-7(2)5-10(15)12(17)16-11-6-8(14)3-4-9(11)13/h3-4,6-7,10H,5,15H2,1-2H3,(H,16,17)/t10-/m0/s1. The molecule has 0 aliphatic carbocycles. The highest BCUT2D eigenvalue weighted by Gasteiger charge is 2.16. The van der Waals surface area contributed by atoms with E-state index in [9.17, 15) is 4.79 Å². The van der Waals surface area contributed by atoms with Gasteiger partial charge in [-0.3, -0.25) is 4.79 Å². The van der Waals surface area contributed by atoms with Gasteiger partial charge in [-0.1, -0.05) is 25.4 Å². The fourth-order valence-electron chi connectivity index (χ4n) is 1.43. The fourth-order valence-corrected chi connectivity index (χ4v) is 2.09. The summed E-state index contributed by atoms with van der Waals surface area (Å²) in [5.74, 6) is 0.199. The molecule has 1 rings (SSSR count). The van der Waals surface area contributed by atoms with E-state index >= 15 is 0 Å². The molecule has 0 aliphatic rings. The van der Waals surface area contributed by atoms with Gasteiger partial charge in [0, 0.05) is 3.57 Å². The van der Waals surface area contributed by atoms with Gasteiger partial charge in [0.25, 0.3) is 0 Å². The van der Waals surface area contributed by atoms with Crippen LogP contribution in [-0.2, 0) is 4.79 Å². The first-order chi connectivity index (χ1) is 7.90. The summed E-state index contributed by atoms with van der Waals surface area (Å²) in [5, 5.41) is 3.28. The van der Waals surface area contributed by atoms with Gasteiger partial charge in [0.15, 0.2) is 0 Å². The highest BCUT2D eigenvalue weighted by Crippen LogP contribution is 2.24. The van der Waals surface area contributed by atoms with Gasteiger partial charge >= 0.3 is 0 Å². The van der Waals surface area contributed by atoms with E-state index < -0.39 is 6.04 Å². The van der Waals surface area contributed by atoms with Gasteiger partial charge in [-0.15, -0.1) is 0 Å². The third-order valence-electron chi connectivity index (χ3n) is 2.25. The summed E-state index contributed by atoms with van der Waals surface area (Å²) >= 11 is 8.16. The Hall–Kier alpha value is -0.330. The maximum Gasteiger partial charge on any atom is 0.241 e. The molecule has 1 atom stereocenters. The predicted octanol–water partition coefficient (Wildman–Crippen LogP) is 3.26. The lowest BCUT2D eigenvalue weighted by Crippen LogP contribution is -2.36. The zero-order valence-electron chi connectivity index (χ0n) is 9.84. The number of rotatable bonds is 4. The van der Waals surface area contributed by atoms with Crippen molar-refractivity contribution in [3.63, 3.8) is 0 Å². The van der Waals surface area contributed by atoms with Crippen LogP contribution in [0.4, 0.5) is 5.69 Å². The van der Waals surface area contributed by atoms with E-state index in [2.05, 4.69) is 27.9 Å². The quantitative estimate of drug-likeness (QED) is 0.804. The van der Waals surface area contributed by atoms with Crippen LogP contribution in [0, 0.1) is 9.49 Å². The van der Waals surface area contributed by atoms with E-state index in [1.807, 2.05) is 26.0 Å². The van der Waals surface area contributed by atoms with Crippen molar-refractivity contribution >= 4 is 45.8 Å². The van der Waals surface area contributed by atoms with Gasteiger partial charge in [-0.25, -0.2) is 0 Å². The number of halogens is 2. The molecule has 0 radical (unpaired) electrons. The lowest BCUT2D eigenvalue weighted by molar-refractivity contribution is -0.117. The van der Waals surface area contributed by atoms with E-state index in [0.717, 1.165) is 3.57 Å². The van der Waals surface area contributed by atoms with Crippen LogP contribution in [0.15, 0.2) is 18.2 Å². The SMILES string of the molecule is CC(C)C[C@H](N)C(=O)Nc1cc(I)ccc1Cl. The number of nitrogens with one attached hydrogen (secondary N) is 1. The number of carbonyl (C=O) groups excluding carboxylic acids is 1. The van der Waals surface area contributed by atoms with Gasteiger partial charge in [-0.05, 0) is 53.1 Å². The minimum absolute atomic E-state index is 0.192. The van der Waals surface area contributed by atoms with E-state index in [-0.39, 0.29) is 5.91 Å². The average molecular weight is 367 g/mol. The van der Waals surface area contributed by atoms with Crippen LogP contribution in [0.2, 0.25) is 5.02 Å². The topological polar surface area (TPSA) is 55.1 Å². The average Bonchev–Trinajstić information content (AvgIpc) is 2.22. The highest BCUT2D eigenvalue weighted by atomic mass is 127. The second-order valence-corrected chi connectivity index (χ2v) is 6.00. The summed E-state index contributed by atoms with van der Waals surface area (Å²) in [7, 11) is 0. The zero-order valence-corrected chi connectivity index (χ0v) is 12.7. The van der Waals surface area contributed by atoms with Crippen LogP contribution in [0.1, 0.15) is 20.3 Å². The maximum atomic E-state index is 11.8. The van der Waals surface area contributed by atoms with Crippen molar-refractivity contribution in [2.75, 3.05) is 5.32 Å². The van der Waals surface area contributed by atoms with Gasteiger partial charge in [0.1, 0.15) is 0 Å². The van der Waals surface area contributed by atoms with E-state index in [1.165, 1.54) is 0 Å². The van der Waals surface area contributed by atoms with Crippen molar-refractivity contribution in [3.05, 3.63) is 26.8 Å². The first-order valence-corrected chi connectivity index (χ1v) is 6.87. The number of benzene rings is 1. The molecule has 1 aromatic rings. The second kappa shape index (κ2) is 6.56. The van der Waals surface area contributed by atoms with Crippen molar-refractivity contribution in [2.24, 2.45) is 11.7 Å². The molecule has 0 bridgehead atoms. The Labute approximate surface area is 120 Å².